The van der Waals surface area contributed by atoms with Gasteiger partial charge in [0.15, 0.2) is 0 Å². The molecule has 0 aliphatic carbocycles. The Bertz CT molecular complexity index is 407. The number of fused-ring (bicyclic) bond motifs is 1. The first-order chi connectivity index (χ1) is 6.92. The van der Waals surface area contributed by atoms with Gasteiger partial charge in [0.2, 0.25) is 5.65 Å². The molecule has 0 N–H and O–H groups in total. The Morgan fingerprint density at radius 3 is 3.14 bits per heavy atom. The van der Waals surface area contributed by atoms with Gasteiger partial charge in [-0.2, -0.15) is 0 Å². The van der Waals surface area contributed by atoms with E-state index in [1.807, 2.05) is 16.8 Å². The summed E-state index contributed by atoms with van der Waals surface area (Å²) < 4.78 is 1.93. The molecular formula is C10H14N4. The van der Waals surface area contributed by atoms with Crippen molar-refractivity contribution in [1.82, 2.24) is 20.0 Å². The SMILES string of the molecule is CCCCCn1nnc2ncccc21. The topological polar surface area (TPSA) is 43.6 Å². The van der Waals surface area contributed by atoms with Crippen molar-refractivity contribution in [2.75, 3.05) is 0 Å². The Hall–Kier alpha value is -1.45. The van der Waals surface area contributed by atoms with E-state index in [1.54, 1.807) is 6.20 Å². The molecule has 4 nitrogen and oxygen atoms in total. The molecule has 0 fully saturated rings. The molecule has 2 aromatic rings. The first kappa shape index (κ1) is 9.12. The molecule has 2 heterocycles. The van der Waals surface area contributed by atoms with Crippen molar-refractivity contribution in [3.8, 4) is 0 Å². The molecule has 0 aliphatic rings. The standard InChI is InChI=1S/C10H14N4/c1-2-3-4-8-14-9-6-5-7-11-10(9)12-13-14/h5-7H,2-4,8H2,1H3. The van der Waals surface area contributed by atoms with Crippen LogP contribution in [0.4, 0.5) is 0 Å². The van der Waals surface area contributed by atoms with Gasteiger partial charge in [-0.1, -0.05) is 25.0 Å². The van der Waals surface area contributed by atoms with Crippen LogP contribution >= 0.6 is 0 Å². The van der Waals surface area contributed by atoms with Crippen molar-refractivity contribution in [1.29, 1.82) is 0 Å². The van der Waals surface area contributed by atoms with Gasteiger partial charge in [0, 0.05) is 12.7 Å². The number of nitrogens with zero attached hydrogens (tertiary/aromatic N) is 4. The predicted octanol–water partition coefficient (Wildman–Crippen LogP) is 2.02. The third-order valence-corrected chi connectivity index (χ3v) is 2.27. The summed E-state index contributed by atoms with van der Waals surface area (Å²) in [5.74, 6) is 0. The summed E-state index contributed by atoms with van der Waals surface area (Å²) in [6.45, 7) is 3.14. The van der Waals surface area contributed by atoms with Crippen molar-refractivity contribution in [2.24, 2.45) is 0 Å². The van der Waals surface area contributed by atoms with E-state index in [-0.39, 0.29) is 0 Å². The van der Waals surface area contributed by atoms with Crippen molar-refractivity contribution in [3.63, 3.8) is 0 Å². The van der Waals surface area contributed by atoms with Crippen molar-refractivity contribution in [3.05, 3.63) is 18.3 Å². The second-order valence-electron chi connectivity index (χ2n) is 3.37. The highest BCUT2D eigenvalue weighted by molar-refractivity contribution is 5.68. The van der Waals surface area contributed by atoms with Crippen LogP contribution in [0, 0.1) is 0 Å². The number of aryl methyl sites for hydroxylation is 1. The molecule has 0 spiro atoms. The van der Waals surface area contributed by atoms with Gasteiger partial charge in [0.1, 0.15) is 5.52 Å². The Morgan fingerprint density at radius 1 is 1.36 bits per heavy atom. The fraction of sp³-hybridized carbons (Fsp3) is 0.500. The van der Waals surface area contributed by atoms with Crippen molar-refractivity contribution >= 4 is 11.2 Å². The van der Waals surface area contributed by atoms with E-state index in [0.29, 0.717) is 0 Å². The fourth-order valence-electron chi connectivity index (χ4n) is 1.49. The van der Waals surface area contributed by atoms with Crippen LogP contribution in [0.5, 0.6) is 0 Å². The predicted molar refractivity (Wildman–Crippen MR) is 54.8 cm³/mol. The largest absolute Gasteiger partial charge is 0.243 e. The van der Waals surface area contributed by atoms with Crippen LogP contribution in [-0.2, 0) is 6.54 Å². The van der Waals surface area contributed by atoms with Crippen LogP contribution in [-0.4, -0.2) is 20.0 Å². The zero-order chi connectivity index (χ0) is 9.80. The summed E-state index contributed by atoms with van der Waals surface area (Å²) in [4.78, 5) is 4.14. The van der Waals surface area contributed by atoms with E-state index in [2.05, 4.69) is 22.2 Å². The Morgan fingerprint density at radius 2 is 2.29 bits per heavy atom. The molecular weight excluding hydrogens is 176 g/mol. The maximum Gasteiger partial charge on any atom is 0.201 e. The van der Waals surface area contributed by atoms with Gasteiger partial charge in [-0.15, -0.1) is 5.10 Å². The molecule has 2 rings (SSSR count). The van der Waals surface area contributed by atoms with E-state index in [4.69, 9.17) is 0 Å². The van der Waals surface area contributed by atoms with Gasteiger partial charge < -0.3 is 0 Å². The molecule has 0 aromatic carbocycles. The quantitative estimate of drug-likeness (QED) is 0.693. The van der Waals surface area contributed by atoms with Crippen LogP contribution < -0.4 is 0 Å². The Kier molecular flexibility index (Phi) is 2.72. The van der Waals surface area contributed by atoms with E-state index < -0.39 is 0 Å². The highest BCUT2D eigenvalue weighted by Gasteiger charge is 2.02. The van der Waals surface area contributed by atoms with Gasteiger partial charge in [-0.3, -0.25) is 0 Å². The molecule has 2 aromatic heterocycles. The number of rotatable bonds is 4. The van der Waals surface area contributed by atoms with Crippen LogP contribution in [0.2, 0.25) is 0 Å². The molecule has 4 heteroatoms. The van der Waals surface area contributed by atoms with E-state index >= 15 is 0 Å². The van der Waals surface area contributed by atoms with Crippen molar-refractivity contribution in [2.45, 2.75) is 32.7 Å². The molecule has 0 saturated heterocycles. The maximum atomic E-state index is 4.14. The monoisotopic (exact) mass is 190 g/mol. The van der Waals surface area contributed by atoms with E-state index in [0.717, 1.165) is 24.1 Å². The molecule has 0 unspecified atom stereocenters. The molecule has 0 aliphatic heterocycles. The first-order valence-electron chi connectivity index (χ1n) is 5.06. The lowest BCUT2D eigenvalue weighted by Crippen LogP contribution is -1.99. The molecule has 0 radical (unpaired) electrons. The van der Waals surface area contributed by atoms with Gasteiger partial charge in [-0.25, -0.2) is 9.67 Å². The summed E-state index contributed by atoms with van der Waals surface area (Å²) in [7, 11) is 0. The lowest BCUT2D eigenvalue weighted by molar-refractivity contribution is 0.550. The zero-order valence-corrected chi connectivity index (χ0v) is 8.35. The number of hydrogen-bond donors (Lipinski definition) is 0. The third-order valence-electron chi connectivity index (χ3n) is 2.27. The zero-order valence-electron chi connectivity index (χ0n) is 8.35. The van der Waals surface area contributed by atoms with Gasteiger partial charge in [0.25, 0.3) is 0 Å². The third kappa shape index (κ3) is 1.73. The van der Waals surface area contributed by atoms with Crippen LogP contribution in [0.25, 0.3) is 11.2 Å². The summed E-state index contributed by atoms with van der Waals surface area (Å²) in [6, 6.07) is 3.93. The smallest absolute Gasteiger partial charge is 0.201 e. The highest BCUT2D eigenvalue weighted by Crippen LogP contribution is 2.08. The summed E-state index contributed by atoms with van der Waals surface area (Å²) in [5.41, 5.74) is 1.77. The number of pyridine rings is 1. The molecule has 0 bridgehead atoms. The fourth-order valence-corrected chi connectivity index (χ4v) is 1.49. The van der Waals surface area contributed by atoms with Gasteiger partial charge in [-0.05, 0) is 18.6 Å². The van der Waals surface area contributed by atoms with Crippen LogP contribution in [0.3, 0.4) is 0 Å². The molecule has 0 saturated carbocycles. The Balaban J connectivity index is 2.17. The maximum absolute atomic E-state index is 4.14. The summed E-state index contributed by atoms with van der Waals surface area (Å²) in [5, 5.41) is 8.07. The molecule has 0 amide bonds. The molecule has 14 heavy (non-hydrogen) atoms. The average Bonchev–Trinajstić information content (AvgIpc) is 2.63. The minimum atomic E-state index is 0.740. The average molecular weight is 190 g/mol. The minimum absolute atomic E-state index is 0.740. The van der Waals surface area contributed by atoms with E-state index in [9.17, 15) is 0 Å². The summed E-state index contributed by atoms with van der Waals surface area (Å²) in [6.07, 6.45) is 5.36. The van der Waals surface area contributed by atoms with Gasteiger partial charge in [0.05, 0.1) is 0 Å². The Labute approximate surface area is 83.0 Å². The lowest BCUT2D eigenvalue weighted by Gasteiger charge is -1.99. The normalized spacial score (nSPS) is 10.9. The molecule has 74 valence electrons. The molecule has 0 atom stereocenters. The van der Waals surface area contributed by atoms with E-state index in [1.165, 1.54) is 12.8 Å². The number of unbranched alkanes of at least 4 members (excludes halogenated alkanes) is 2. The number of aromatic nitrogens is 4. The number of hydrogen-bond acceptors (Lipinski definition) is 3. The van der Waals surface area contributed by atoms with Crippen LogP contribution in [0.15, 0.2) is 18.3 Å². The summed E-state index contributed by atoms with van der Waals surface area (Å²) >= 11 is 0. The van der Waals surface area contributed by atoms with Gasteiger partial charge >= 0.3 is 0 Å². The first-order valence-corrected chi connectivity index (χ1v) is 5.06. The van der Waals surface area contributed by atoms with Crippen molar-refractivity contribution < 1.29 is 0 Å². The minimum Gasteiger partial charge on any atom is -0.243 e. The second-order valence-corrected chi connectivity index (χ2v) is 3.37. The highest BCUT2D eigenvalue weighted by atomic mass is 15.4. The second kappa shape index (κ2) is 4.17. The van der Waals surface area contributed by atoms with Crippen LogP contribution in [0.1, 0.15) is 26.2 Å². The lowest BCUT2D eigenvalue weighted by atomic mass is 10.2.